The van der Waals surface area contributed by atoms with Crippen LogP contribution in [-0.4, -0.2) is 29.1 Å². The number of amides is 1. The molecule has 1 amide bonds. The van der Waals surface area contributed by atoms with E-state index in [1.807, 2.05) is 24.3 Å². The first-order chi connectivity index (χ1) is 12.9. The first-order valence-corrected chi connectivity index (χ1v) is 8.81. The van der Waals surface area contributed by atoms with Crippen LogP contribution in [0, 0.1) is 0 Å². The Bertz CT molecular complexity index is 1030. The van der Waals surface area contributed by atoms with Crippen molar-refractivity contribution >= 4 is 33.7 Å². The van der Waals surface area contributed by atoms with Gasteiger partial charge in [0.25, 0.3) is 0 Å². The Hall–Kier alpha value is -3.15. The van der Waals surface area contributed by atoms with E-state index in [0.717, 1.165) is 0 Å². The van der Waals surface area contributed by atoms with Crippen LogP contribution in [0.15, 0.2) is 53.3 Å². The molecule has 0 aliphatic carbocycles. The lowest BCUT2D eigenvalue weighted by molar-refractivity contribution is -0.150. The Balaban J connectivity index is 2.08. The fourth-order valence-corrected chi connectivity index (χ4v) is 3.25. The van der Waals surface area contributed by atoms with Crippen LogP contribution in [0.5, 0.6) is 0 Å². The van der Waals surface area contributed by atoms with E-state index in [2.05, 4.69) is 5.32 Å². The summed E-state index contributed by atoms with van der Waals surface area (Å²) >= 11 is 0. The smallest absolute Gasteiger partial charge is 0.331 e. The van der Waals surface area contributed by atoms with Gasteiger partial charge in [-0.3, -0.25) is 9.59 Å². The predicted octanol–water partition coefficient (Wildman–Crippen LogP) is 2.61. The molecular weight excluding hydrogens is 344 g/mol. The minimum absolute atomic E-state index is 0.0199. The molecule has 140 valence electrons. The lowest BCUT2D eigenvalue weighted by Crippen LogP contribution is -2.53. The van der Waals surface area contributed by atoms with Crippen molar-refractivity contribution in [3.05, 3.63) is 58.8 Å². The molecule has 0 spiro atoms. The highest BCUT2D eigenvalue weighted by Crippen LogP contribution is 2.19. The van der Waals surface area contributed by atoms with Gasteiger partial charge in [0.2, 0.25) is 5.91 Å². The molecule has 0 bridgehead atoms. The minimum atomic E-state index is -1.10. The number of nitrogens with one attached hydrogen (secondary N) is 1. The molecule has 0 radical (unpaired) electrons. The molecule has 3 rings (SSSR count). The van der Waals surface area contributed by atoms with Gasteiger partial charge < -0.3 is 14.6 Å². The summed E-state index contributed by atoms with van der Waals surface area (Å²) in [6, 6.07) is 14.4. The van der Waals surface area contributed by atoms with E-state index in [-0.39, 0.29) is 17.9 Å². The Kier molecular flexibility index (Phi) is 4.99. The summed E-state index contributed by atoms with van der Waals surface area (Å²) in [6.07, 6.45) is 0.400. The van der Waals surface area contributed by atoms with Crippen molar-refractivity contribution in [1.82, 2.24) is 9.88 Å². The van der Waals surface area contributed by atoms with Crippen molar-refractivity contribution in [3.8, 4) is 0 Å². The molecule has 6 nitrogen and oxygen atoms in total. The van der Waals surface area contributed by atoms with Crippen molar-refractivity contribution in [2.75, 3.05) is 7.11 Å². The zero-order valence-electron chi connectivity index (χ0n) is 15.6. The molecule has 1 N–H and O–H groups in total. The van der Waals surface area contributed by atoms with Gasteiger partial charge in [-0.05, 0) is 37.6 Å². The topological polar surface area (TPSA) is 77.4 Å². The molecular formula is C21H22N2O4. The average molecular weight is 366 g/mol. The molecule has 0 saturated heterocycles. The number of carbonyl (C=O) groups excluding carboxylic acids is 2. The van der Waals surface area contributed by atoms with Crippen molar-refractivity contribution in [2.45, 2.75) is 32.4 Å². The number of hydrogen-bond acceptors (Lipinski definition) is 4. The molecule has 1 aromatic heterocycles. The molecule has 27 heavy (non-hydrogen) atoms. The molecule has 0 aliphatic rings. The van der Waals surface area contributed by atoms with E-state index >= 15 is 0 Å². The summed E-state index contributed by atoms with van der Waals surface area (Å²) in [5.74, 6) is -0.823. The Morgan fingerprint density at radius 2 is 1.56 bits per heavy atom. The number of esters is 1. The van der Waals surface area contributed by atoms with Gasteiger partial charge in [-0.15, -0.1) is 0 Å². The minimum Gasteiger partial charge on any atom is -0.467 e. The second-order valence-electron chi connectivity index (χ2n) is 6.67. The van der Waals surface area contributed by atoms with Gasteiger partial charge in [-0.1, -0.05) is 31.2 Å². The number of rotatable bonds is 5. The summed E-state index contributed by atoms with van der Waals surface area (Å²) in [4.78, 5) is 37.6. The lowest BCUT2D eigenvalue weighted by atomic mass is 9.99. The zero-order chi connectivity index (χ0) is 19.6. The SMILES string of the molecule is CCC(C)(NC(=O)Cn1c2ccccc2c(=O)c2ccccc21)C(=O)OC. The van der Waals surface area contributed by atoms with Gasteiger partial charge in [0.05, 0.1) is 18.1 Å². The predicted molar refractivity (Wildman–Crippen MR) is 105 cm³/mol. The number of aromatic nitrogens is 1. The third-order valence-electron chi connectivity index (χ3n) is 4.94. The van der Waals surface area contributed by atoms with Crippen LogP contribution in [0.2, 0.25) is 0 Å². The quantitative estimate of drug-likeness (QED) is 0.556. The van der Waals surface area contributed by atoms with E-state index in [1.54, 1.807) is 42.7 Å². The van der Waals surface area contributed by atoms with E-state index < -0.39 is 11.5 Å². The van der Waals surface area contributed by atoms with E-state index in [9.17, 15) is 14.4 Å². The number of nitrogens with zero attached hydrogens (tertiary/aromatic N) is 1. The molecule has 2 aromatic carbocycles. The van der Waals surface area contributed by atoms with Crippen LogP contribution >= 0.6 is 0 Å². The number of fused-ring (bicyclic) bond motifs is 2. The molecule has 1 atom stereocenters. The summed E-state index contributed by atoms with van der Waals surface area (Å²) in [6.45, 7) is 3.42. The van der Waals surface area contributed by atoms with Gasteiger partial charge in [0, 0.05) is 10.8 Å². The van der Waals surface area contributed by atoms with Crippen LogP contribution in [0.1, 0.15) is 20.3 Å². The molecule has 1 unspecified atom stereocenters. The summed E-state index contributed by atoms with van der Waals surface area (Å²) in [7, 11) is 1.30. The van der Waals surface area contributed by atoms with E-state index in [4.69, 9.17) is 4.74 Å². The number of hydrogen-bond donors (Lipinski definition) is 1. The van der Waals surface area contributed by atoms with E-state index in [0.29, 0.717) is 28.2 Å². The van der Waals surface area contributed by atoms with Gasteiger partial charge in [-0.2, -0.15) is 0 Å². The highest BCUT2D eigenvalue weighted by atomic mass is 16.5. The van der Waals surface area contributed by atoms with Crippen LogP contribution in [0.3, 0.4) is 0 Å². The number of benzene rings is 2. The summed E-state index contributed by atoms with van der Waals surface area (Å²) < 4.78 is 6.61. The zero-order valence-corrected chi connectivity index (χ0v) is 15.6. The van der Waals surface area contributed by atoms with Crippen molar-refractivity contribution in [1.29, 1.82) is 0 Å². The highest BCUT2D eigenvalue weighted by molar-refractivity contribution is 5.95. The number of para-hydroxylation sites is 2. The highest BCUT2D eigenvalue weighted by Gasteiger charge is 2.34. The molecule has 6 heteroatoms. The number of carbonyl (C=O) groups is 2. The standard InChI is InChI=1S/C21H22N2O4/c1-4-21(2,20(26)27-3)22-18(24)13-23-16-11-7-5-9-14(16)19(25)15-10-6-8-12-17(15)23/h5-12H,4,13H2,1-3H3,(H,22,24). The molecule has 3 aromatic rings. The van der Waals surface area contributed by atoms with Crippen molar-refractivity contribution < 1.29 is 14.3 Å². The van der Waals surface area contributed by atoms with Crippen LogP contribution in [0.25, 0.3) is 21.8 Å². The largest absolute Gasteiger partial charge is 0.467 e. The lowest BCUT2D eigenvalue weighted by Gasteiger charge is -2.27. The van der Waals surface area contributed by atoms with Gasteiger partial charge in [0.15, 0.2) is 5.43 Å². The van der Waals surface area contributed by atoms with Crippen molar-refractivity contribution in [2.24, 2.45) is 0 Å². The fourth-order valence-electron chi connectivity index (χ4n) is 3.25. The maximum atomic E-state index is 12.8. The van der Waals surface area contributed by atoms with Crippen LogP contribution in [-0.2, 0) is 20.9 Å². The fraction of sp³-hybridized carbons (Fsp3) is 0.286. The monoisotopic (exact) mass is 366 g/mol. The maximum absolute atomic E-state index is 12.8. The maximum Gasteiger partial charge on any atom is 0.331 e. The van der Waals surface area contributed by atoms with Gasteiger partial charge >= 0.3 is 5.97 Å². The molecule has 0 fully saturated rings. The number of pyridine rings is 1. The third-order valence-corrected chi connectivity index (χ3v) is 4.94. The Morgan fingerprint density at radius 1 is 1.04 bits per heavy atom. The van der Waals surface area contributed by atoms with Gasteiger partial charge in [-0.25, -0.2) is 4.79 Å². The third kappa shape index (κ3) is 3.30. The Labute approximate surface area is 156 Å². The summed E-state index contributed by atoms with van der Waals surface area (Å²) in [5, 5.41) is 3.88. The first-order valence-electron chi connectivity index (χ1n) is 8.81. The van der Waals surface area contributed by atoms with Gasteiger partial charge in [0.1, 0.15) is 12.1 Å². The Morgan fingerprint density at radius 3 is 2.04 bits per heavy atom. The first kappa shape index (κ1) is 18.6. The normalized spacial score (nSPS) is 13.3. The second kappa shape index (κ2) is 7.23. The molecule has 1 heterocycles. The van der Waals surface area contributed by atoms with Crippen LogP contribution < -0.4 is 10.7 Å². The summed E-state index contributed by atoms with van der Waals surface area (Å²) in [5.41, 5.74) is 0.183. The second-order valence-corrected chi connectivity index (χ2v) is 6.67. The number of methoxy groups -OCH3 is 1. The van der Waals surface area contributed by atoms with Crippen LogP contribution in [0.4, 0.5) is 0 Å². The molecule has 0 saturated carbocycles. The number of ether oxygens (including phenoxy) is 1. The van der Waals surface area contributed by atoms with E-state index in [1.165, 1.54) is 7.11 Å². The average Bonchev–Trinajstić information content (AvgIpc) is 2.70. The molecule has 0 aliphatic heterocycles. The van der Waals surface area contributed by atoms with Crippen molar-refractivity contribution in [3.63, 3.8) is 0 Å².